The van der Waals surface area contributed by atoms with Crippen LogP contribution in [0.2, 0.25) is 0 Å². The number of hydrogen-bond acceptors (Lipinski definition) is 4. The van der Waals surface area contributed by atoms with Gasteiger partial charge >= 0.3 is 0 Å². The summed E-state index contributed by atoms with van der Waals surface area (Å²) in [5.74, 6) is -0.0668. The van der Waals surface area contributed by atoms with Gasteiger partial charge < -0.3 is 5.73 Å². The fourth-order valence-corrected chi connectivity index (χ4v) is 3.85. The lowest BCUT2D eigenvalue weighted by molar-refractivity contribution is 0.597. The molecule has 22 heavy (non-hydrogen) atoms. The maximum atomic E-state index is 12.5. The van der Waals surface area contributed by atoms with Crippen molar-refractivity contribution in [1.29, 1.82) is 0 Å². The van der Waals surface area contributed by atoms with Crippen LogP contribution in [0.1, 0.15) is 0 Å². The maximum Gasteiger partial charge on any atom is 0.180 e. The molecule has 2 N–H and O–H groups in total. The predicted molar refractivity (Wildman–Crippen MR) is 88.3 cm³/mol. The Morgan fingerprint density at radius 1 is 1.00 bits per heavy atom. The minimum absolute atomic E-state index is 0.0668. The van der Waals surface area contributed by atoms with Gasteiger partial charge in [-0.1, -0.05) is 30.3 Å². The van der Waals surface area contributed by atoms with Crippen molar-refractivity contribution in [2.24, 2.45) is 5.73 Å². The highest BCUT2D eigenvalue weighted by Gasteiger charge is 2.18. The number of nitrogens with two attached hydrogens (primary N) is 1. The number of pyridine rings is 1. The summed E-state index contributed by atoms with van der Waals surface area (Å²) in [4.78, 5) is 4.41. The molecule has 1 heterocycles. The highest BCUT2D eigenvalue weighted by Crippen LogP contribution is 2.30. The van der Waals surface area contributed by atoms with Crippen LogP contribution in [0.3, 0.4) is 0 Å². The second kappa shape index (κ2) is 5.87. The average Bonchev–Trinajstić information content (AvgIpc) is 2.54. The van der Waals surface area contributed by atoms with Crippen molar-refractivity contribution in [2.45, 2.75) is 4.90 Å². The fraction of sp³-hybridized carbons (Fsp3) is 0.118. The summed E-state index contributed by atoms with van der Waals surface area (Å²) in [5, 5.41) is 1.49. The Kier molecular flexibility index (Phi) is 3.92. The predicted octanol–water partition coefficient (Wildman–Crippen LogP) is 2.63. The number of hydrogen-bond donors (Lipinski definition) is 1. The maximum absolute atomic E-state index is 12.5. The summed E-state index contributed by atoms with van der Waals surface area (Å²) in [6, 6.07) is 15.1. The Balaban J connectivity index is 2.30. The van der Waals surface area contributed by atoms with E-state index in [9.17, 15) is 8.42 Å². The van der Waals surface area contributed by atoms with E-state index in [1.165, 1.54) is 0 Å². The van der Waals surface area contributed by atoms with E-state index in [4.69, 9.17) is 5.73 Å². The summed E-state index contributed by atoms with van der Waals surface area (Å²) in [5.41, 5.74) is 7.28. The van der Waals surface area contributed by atoms with Crippen LogP contribution in [0.15, 0.2) is 65.8 Å². The van der Waals surface area contributed by atoms with Gasteiger partial charge in [0.2, 0.25) is 0 Å². The fourth-order valence-electron chi connectivity index (χ4n) is 2.49. The standard InChI is InChI=1S/C17H16N2O2S/c18-7-9-22(20,21)17-11-14(13-4-2-1-3-5-13)10-15-12-19-8-6-16(15)17/h1-6,8,10-12H,7,9,18H2. The molecule has 4 nitrogen and oxygen atoms in total. The Hall–Kier alpha value is -2.24. The first-order valence-corrected chi connectivity index (χ1v) is 8.63. The molecule has 0 aliphatic carbocycles. The number of nitrogens with zero attached hydrogens (tertiary/aromatic N) is 1. The van der Waals surface area contributed by atoms with Gasteiger partial charge in [0.05, 0.1) is 10.6 Å². The molecule has 0 aliphatic rings. The molecule has 0 saturated heterocycles. The van der Waals surface area contributed by atoms with Crippen molar-refractivity contribution in [3.05, 3.63) is 60.9 Å². The van der Waals surface area contributed by atoms with E-state index in [0.29, 0.717) is 10.3 Å². The lowest BCUT2D eigenvalue weighted by atomic mass is 10.0. The Morgan fingerprint density at radius 3 is 2.50 bits per heavy atom. The van der Waals surface area contributed by atoms with Crippen LogP contribution in [0, 0.1) is 0 Å². The Labute approximate surface area is 129 Å². The first-order valence-electron chi connectivity index (χ1n) is 6.98. The van der Waals surface area contributed by atoms with Gasteiger partial charge in [-0.25, -0.2) is 8.42 Å². The van der Waals surface area contributed by atoms with Gasteiger partial charge in [-0.3, -0.25) is 4.98 Å². The summed E-state index contributed by atoms with van der Waals surface area (Å²) < 4.78 is 25.1. The van der Waals surface area contributed by atoms with E-state index < -0.39 is 9.84 Å². The van der Waals surface area contributed by atoms with Gasteiger partial charge in [-0.05, 0) is 29.3 Å². The molecule has 2 aromatic carbocycles. The van der Waals surface area contributed by atoms with Gasteiger partial charge in [-0.15, -0.1) is 0 Å². The molecule has 5 heteroatoms. The third-order valence-corrected chi connectivity index (χ3v) is 5.32. The zero-order valence-corrected chi connectivity index (χ0v) is 12.8. The van der Waals surface area contributed by atoms with E-state index >= 15 is 0 Å². The molecule has 0 radical (unpaired) electrons. The van der Waals surface area contributed by atoms with Crippen LogP contribution < -0.4 is 5.73 Å². The van der Waals surface area contributed by atoms with Gasteiger partial charge in [-0.2, -0.15) is 0 Å². The second-order valence-electron chi connectivity index (χ2n) is 5.04. The van der Waals surface area contributed by atoms with E-state index in [1.54, 1.807) is 24.5 Å². The lowest BCUT2D eigenvalue weighted by Gasteiger charge is -2.11. The summed E-state index contributed by atoms with van der Waals surface area (Å²) in [6.07, 6.45) is 3.29. The number of aromatic nitrogens is 1. The topological polar surface area (TPSA) is 73.1 Å². The molecule has 112 valence electrons. The molecular formula is C17H16N2O2S. The van der Waals surface area contributed by atoms with E-state index in [0.717, 1.165) is 16.5 Å². The van der Waals surface area contributed by atoms with Crippen molar-refractivity contribution >= 4 is 20.6 Å². The van der Waals surface area contributed by atoms with Crippen LogP contribution in [0.25, 0.3) is 21.9 Å². The average molecular weight is 312 g/mol. The van der Waals surface area contributed by atoms with Gasteiger partial charge in [0, 0.05) is 29.7 Å². The van der Waals surface area contributed by atoms with Crippen LogP contribution in [0.4, 0.5) is 0 Å². The highest BCUT2D eigenvalue weighted by molar-refractivity contribution is 7.91. The van der Waals surface area contributed by atoms with Crippen LogP contribution in [-0.4, -0.2) is 25.7 Å². The smallest absolute Gasteiger partial charge is 0.180 e. The first kappa shape index (κ1) is 14.7. The molecule has 3 aromatic rings. The number of fused-ring (bicyclic) bond motifs is 1. The van der Waals surface area contributed by atoms with Crippen molar-refractivity contribution in [2.75, 3.05) is 12.3 Å². The van der Waals surface area contributed by atoms with Crippen LogP contribution in [0.5, 0.6) is 0 Å². The third kappa shape index (κ3) is 2.73. The SMILES string of the molecule is NCCS(=O)(=O)c1cc(-c2ccccc2)cc2cnccc12. The molecule has 3 rings (SSSR count). The van der Waals surface area contributed by atoms with Gasteiger partial charge in [0.15, 0.2) is 9.84 Å². The Morgan fingerprint density at radius 2 is 1.77 bits per heavy atom. The zero-order chi connectivity index (χ0) is 15.6. The number of sulfone groups is 1. The molecule has 0 amide bonds. The molecular weight excluding hydrogens is 296 g/mol. The van der Waals surface area contributed by atoms with E-state index in [2.05, 4.69) is 4.98 Å². The highest BCUT2D eigenvalue weighted by atomic mass is 32.2. The second-order valence-corrected chi connectivity index (χ2v) is 7.12. The molecule has 0 unspecified atom stereocenters. The Bertz CT molecular complexity index is 906. The van der Waals surface area contributed by atoms with Crippen molar-refractivity contribution in [3.8, 4) is 11.1 Å². The van der Waals surface area contributed by atoms with Crippen molar-refractivity contribution in [1.82, 2.24) is 4.98 Å². The summed E-state index contributed by atoms with van der Waals surface area (Å²) >= 11 is 0. The molecule has 0 fully saturated rings. The minimum Gasteiger partial charge on any atom is -0.329 e. The molecule has 0 atom stereocenters. The van der Waals surface area contributed by atoms with Crippen LogP contribution >= 0.6 is 0 Å². The van der Waals surface area contributed by atoms with E-state index in [1.807, 2.05) is 36.4 Å². The van der Waals surface area contributed by atoms with Gasteiger partial charge in [0.25, 0.3) is 0 Å². The number of benzene rings is 2. The molecule has 0 saturated carbocycles. The summed E-state index contributed by atoms with van der Waals surface area (Å²) in [7, 11) is -3.42. The zero-order valence-electron chi connectivity index (χ0n) is 11.9. The summed E-state index contributed by atoms with van der Waals surface area (Å²) in [6.45, 7) is 0.102. The molecule has 0 bridgehead atoms. The molecule has 1 aromatic heterocycles. The quantitative estimate of drug-likeness (QED) is 0.804. The largest absolute Gasteiger partial charge is 0.329 e. The van der Waals surface area contributed by atoms with Crippen LogP contribution in [-0.2, 0) is 9.84 Å². The molecule has 0 aliphatic heterocycles. The number of rotatable bonds is 4. The van der Waals surface area contributed by atoms with Crippen molar-refractivity contribution in [3.63, 3.8) is 0 Å². The van der Waals surface area contributed by atoms with Crippen molar-refractivity contribution < 1.29 is 8.42 Å². The van der Waals surface area contributed by atoms with Gasteiger partial charge in [0.1, 0.15) is 0 Å². The normalized spacial score (nSPS) is 11.7. The molecule has 0 spiro atoms. The van der Waals surface area contributed by atoms with E-state index in [-0.39, 0.29) is 12.3 Å². The minimum atomic E-state index is -3.42. The lowest BCUT2D eigenvalue weighted by Crippen LogP contribution is -2.16. The monoisotopic (exact) mass is 312 g/mol. The first-order chi connectivity index (χ1) is 10.6. The third-order valence-electron chi connectivity index (χ3n) is 3.54.